The lowest BCUT2D eigenvalue weighted by Gasteiger charge is -2.13. The number of benzene rings is 2. The highest BCUT2D eigenvalue weighted by atomic mass is 16.1. The summed E-state index contributed by atoms with van der Waals surface area (Å²) in [7, 11) is 3.80. The number of carbonyl (C=O) groups is 1. The van der Waals surface area contributed by atoms with Gasteiger partial charge in [-0.3, -0.25) is 4.79 Å². The van der Waals surface area contributed by atoms with E-state index in [0.717, 1.165) is 16.9 Å². The van der Waals surface area contributed by atoms with Crippen molar-refractivity contribution in [2.75, 3.05) is 30.0 Å². The van der Waals surface area contributed by atoms with Crippen LogP contribution in [-0.2, 0) is 0 Å². The SMILES string of the molecule is CN(C)c1ccc(C(=O)Nc2cc(-c3ccccc3)ccc2N)cn1. The van der Waals surface area contributed by atoms with Gasteiger partial charge in [0.05, 0.1) is 16.9 Å². The van der Waals surface area contributed by atoms with E-state index in [1.165, 1.54) is 0 Å². The van der Waals surface area contributed by atoms with E-state index in [1.54, 1.807) is 24.4 Å². The van der Waals surface area contributed by atoms with E-state index >= 15 is 0 Å². The molecule has 1 heterocycles. The minimum absolute atomic E-state index is 0.241. The largest absolute Gasteiger partial charge is 0.397 e. The van der Waals surface area contributed by atoms with E-state index < -0.39 is 0 Å². The van der Waals surface area contributed by atoms with Crippen molar-refractivity contribution in [2.24, 2.45) is 0 Å². The van der Waals surface area contributed by atoms with E-state index in [9.17, 15) is 4.79 Å². The first-order valence-electron chi connectivity index (χ1n) is 7.94. The number of nitrogens with zero attached hydrogens (tertiary/aromatic N) is 2. The van der Waals surface area contributed by atoms with Crippen molar-refractivity contribution >= 4 is 23.1 Å². The topological polar surface area (TPSA) is 71.2 Å². The minimum atomic E-state index is -0.241. The van der Waals surface area contributed by atoms with Gasteiger partial charge in [0.1, 0.15) is 5.82 Å². The first kappa shape index (κ1) is 16.5. The number of aromatic nitrogens is 1. The molecule has 1 amide bonds. The van der Waals surface area contributed by atoms with Crippen LogP contribution in [0.2, 0.25) is 0 Å². The van der Waals surface area contributed by atoms with Gasteiger partial charge in [-0.25, -0.2) is 4.98 Å². The van der Waals surface area contributed by atoms with Crippen LogP contribution in [0.5, 0.6) is 0 Å². The monoisotopic (exact) mass is 332 g/mol. The molecular weight excluding hydrogens is 312 g/mol. The van der Waals surface area contributed by atoms with Gasteiger partial charge >= 0.3 is 0 Å². The van der Waals surface area contributed by atoms with E-state index in [0.29, 0.717) is 16.9 Å². The Balaban J connectivity index is 1.83. The lowest BCUT2D eigenvalue weighted by atomic mass is 10.0. The number of nitrogens with one attached hydrogen (secondary N) is 1. The molecule has 0 unspecified atom stereocenters. The van der Waals surface area contributed by atoms with E-state index in [4.69, 9.17) is 5.73 Å². The lowest BCUT2D eigenvalue weighted by Crippen LogP contribution is -2.15. The summed E-state index contributed by atoms with van der Waals surface area (Å²) in [6, 6.07) is 19.1. The number of nitrogens with two attached hydrogens (primary N) is 1. The number of hydrogen-bond donors (Lipinski definition) is 2. The highest BCUT2D eigenvalue weighted by molar-refractivity contribution is 6.06. The van der Waals surface area contributed by atoms with Crippen LogP contribution in [0.25, 0.3) is 11.1 Å². The van der Waals surface area contributed by atoms with Crippen LogP contribution in [0.1, 0.15) is 10.4 Å². The van der Waals surface area contributed by atoms with Crippen molar-refractivity contribution in [1.29, 1.82) is 0 Å². The summed E-state index contributed by atoms with van der Waals surface area (Å²) >= 11 is 0. The van der Waals surface area contributed by atoms with Crippen molar-refractivity contribution < 1.29 is 4.79 Å². The molecule has 0 fully saturated rings. The second-order valence-electron chi connectivity index (χ2n) is 5.92. The standard InChI is InChI=1S/C20H20N4O/c1-24(2)19-11-9-16(13-22-19)20(25)23-18-12-15(8-10-17(18)21)14-6-4-3-5-7-14/h3-13H,21H2,1-2H3,(H,23,25). The second-order valence-corrected chi connectivity index (χ2v) is 5.92. The van der Waals surface area contributed by atoms with Gasteiger partial charge in [-0.15, -0.1) is 0 Å². The van der Waals surface area contributed by atoms with Gasteiger partial charge in [-0.05, 0) is 35.4 Å². The van der Waals surface area contributed by atoms with Gasteiger partial charge in [0, 0.05) is 20.3 Å². The average Bonchev–Trinajstić information content (AvgIpc) is 2.64. The first-order valence-corrected chi connectivity index (χ1v) is 7.94. The molecule has 0 saturated heterocycles. The molecule has 0 aliphatic carbocycles. The number of hydrogen-bond acceptors (Lipinski definition) is 4. The minimum Gasteiger partial charge on any atom is -0.397 e. The number of anilines is 3. The second kappa shape index (κ2) is 7.05. The third-order valence-corrected chi connectivity index (χ3v) is 3.88. The number of amides is 1. The molecule has 0 saturated carbocycles. The molecule has 0 spiro atoms. The van der Waals surface area contributed by atoms with Crippen molar-refractivity contribution in [3.05, 3.63) is 72.4 Å². The molecule has 3 rings (SSSR count). The molecule has 5 heteroatoms. The predicted molar refractivity (Wildman–Crippen MR) is 103 cm³/mol. The van der Waals surface area contributed by atoms with Gasteiger partial charge < -0.3 is 16.0 Å². The molecule has 25 heavy (non-hydrogen) atoms. The van der Waals surface area contributed by atoms with Crippen LogP contribution in [0.15, 0.2) is 66.9 Å². The number of pyridine rings is 1. The molecule has 126 valence electrons. The Labute approximate surface area is 147 Å². The Hall–Kier alpha value is -3.34. The lowest BCUT2D eigenvalue weighted by molar-refractivity contribution is 0.102. The first-order chi connectivity index (χ1) is 12.0. The summed E-state index contributed by atoms with van der Waals surface area (Å²) < 4.78 is 0. The maximum absolute atomic E-state index is 12.5. The third kappa shape index (κ3) is 3.77. The molecule has 5 nitrogen and oxygen atoms in total. The van der Waals surface area contributed by atoms with Crippen molar-refractivity contribution in [3.63, 3.8) is 0 Å². The zero-order valence-electron chi connectivity index (χ0n) is 14.2. The fourth-order valence-electron chi connectivity index (χ4n) is 2.45. The fraction of sp³-hybridized carbons (Fsp3) is 0.100. The molecule has 2 aromatic carbocycles. The Morgan fingerprint density at radius 2 is 1.76 bits per heavy atom. The summed E-state index contributed by atoms with van der Waals surface area (Å²) in [5.41, 5.74) is 9.66. The molecule has 0 bridgehead atoms. The maximum Gasteiger partial charge on any atom is 0.257 e. The van der Waals surface area contributed by atoms with Gasteiger partial charge in [0.15, 0.2) is 0 Å². The van der Waals surface area contributed by atoms with Crippen LogP contribution in [0, 0.1) is 0 Å². The number of carbonyl (C=O) groups excluding carboxylic acids is 1. The Morgan fingerprint density at radius 1 is 1.00 bits per heavy atom. The predicted octanol–water partition coefficient (Wildman–Crippen LogP) is 3.65. The number of rotatable bonds is 4. The summed E-state index contributed by atoms with van der Waals surface area (Å²) in [4.78, 5) is 18.6. The zero-order chi connectivity index (χ0) is 17.8. The van der Waals surface area contributed by atoms with Crippen LogP contribution < -0.4 is 16.0 Å². The molecule has 0 aliphatic heterocycles. The maximum atomic E-state index is 12.5. The molecule has 0 atom stereocenters. The van der Waals surface area contributed by atoms with Gasteiger partial charge in [0.2, 0.25) is 0 Å². The van der Waals surface area contributed by atoms with E-state index in [2.05, 4.69) is 10.3 Å². The average molecular weight is 332 g/mol. The molecule has 3 aromatic rings. The normalized spacial score (nSPS) is 10.3. The molecule has 1 aromatic heterocycles. The van der Waals surface area contributed by atoms with Crippen LogP contribution in [0.3, 0.4) is 0 Å². The van der Waals surface area contributed by atoms with Crippen molar-refractivity contribution in [3.8, 4) is 11.1 Å². The van der Waals surface area contributed by atoms with Crippen LogP contribution in [-0.4, -0.2) is 25.0 Å². The summed E-state index contributed by atoms with van der Waals surface area (Å²) in [6.07, 6.45) is 1.56. The Bertz CT molecular complexity index is 874. The summed E-state index contributed by atoms with van der Waals surface area (Å²) in [5.74, 6) is 0.553. The molecular formula is C20H20N4O. The molecule has 0 radical (unpaired) electrons. The van der Waals surface area contributed by atoms with Crippen molar-refractivity contribution in [1.82, 2.24) is 4.98 Å². The van der Waals surface area contributed by atoms with Crippen LogP contribution in [0.4, 0.5) is 17.2 Å². The van der Waals surface area contributed by atoms with Gasteiger partial charge in [0.25, 0.3) is 5.91 Å². The Morgan fingerprint density at radius 3 is 2.40 bits per heavy atom. The highest BCUT2D eigenvalue weighted by Gasteiger charge is 2.10. The smallest absolute Gasteiger partial charge is 0.257 e. The third-order valence-electron chi connectivity index (χ3n) is 3.88. The highest BCUT2D eigenvalue weighted by Crippen LogP contribution is 2.27. The fourth-order valence-corrected chi connectivity index (χ4v) is 2.45. The quantitative estimate of drug-likeness (QED) is 0.716. The summed E-state index contributed by atoms with van der Waals surface area (Å²) in [6.45, 7) is 0. The Kier molecular flexibility index (Phi) is 4.66. The van der Waals surface area contributed by atoms with Gasteiger partial charge in [-0.2, -0.15) is 0 Å². The van der Waals surface area contributed by atoms with Gasteiger partial charge in [-0.1, -0.05) is 36.4 Å². The molecule has 3 N–H and O–H groups in total. The van der Waals surface area contributed by atoms with E-state index in [1.807, 2.05) is 61.5 Å². The summed E-state index contributed by atoms with van der Waals surface area (Å²) in [5, 5.41) is 2.87. The van der Waals surface area contributed by atoms with E-state index in [-0.39, 0.29) is 5.91 Å². The van der Waals surface area contributed by atoms with Crippen molar-refractivity contribution in [2.45, 2.75) is 0 Å². The molecule has 0 aliphatic rings. The number of nitrogen functional groups attached to an aromatic ring is 1. The van der Waals surface area contributed by atoms with Crippen LogP contribution >= 0.6 is 0 Å². The zero-order valence-corrected chi connectivity index (χ0v) is 14.2.